The predicted molar refractivity (Wildman–Crippen MR) is 59.4 cm³/mol. The highest BCUT2D eigenvalue weighted by molar-refractivity contribution is 5.22. The Morgan fingerprint density at radius 3 is 2.27 bits per heavy atom. The lowest BCUT2D eigenvalue weighted by atomic mass is 10.0. The molecule has 2 N–H and O–H groups in total. The molecule has 82 valence electrons. The van der Waals surface area contributed by atoms with Crippen LogP contribution in [0, 0.1) is 5.92 Å². The van der Waals surface area contributed by atoms with Gasteiger partial charge in [-0.25, -0.2) is 0 Å². The molecule has 0 saturated heterocycles. The molecular weight excluding hydrogens is 188 g/mol. The van der Waals surface area contributed by atoms with E-state index in [0.717, 1.165) is 18.4 Å². The van der Waals surface area contributed by atoms with E-state index in [9.17, 15) is 5.11 Å². The van der Waals surface area contributed by atoms with Crippen LogP contribution in [0.4, 0.5) is 0 Å². The second-order valence-corrected chi connectivity index (χ2v) is 4.42. The van der Waals surface area contributed by atoms with Crippen LogP contribution in [0.5, 0.6) is 0 Å². The van der Waals surface area contributed by atoms with Crippen LogP contribution in [-0.4, -0.2) is 16.3 Å². The molecular formula is C13H18O2. The zero-order valence-electron chi connectivity index (χ0n) is 8.89. The normalized spacial score (nSPS) is 17.7. The molecule has 0 spiro atoms. The average molecular weight is 206 g/mol. The molecule has 0 bridgehead atoms. The number of hydrogen-bond acceptors (Lipinski definition) is 2. The molecule has 1 fully saturated rings. The van der Waals surface area contributed by atoms with Crippen LogP contribution in [0.3, 0.4) is 0 Å². The SMILES string of the molecule is OCc1ccc(CCC(O)C2CC2)cc1. The monoisotopic (exact) mass is 206 g/mol. The largest absolute Gasteiger partial charge is 0.393 e. The van der Waals surface area contributed by atoms with Crippen molar-refractivity contribution in [1.82, 2.24) is 0 Å². The molecule has 1 saturated carbocycles. The standard InChI is InChI=1S/C13H18O2/c14-9-11-3-1-10(2-4-11)5-8-13(15)12-6-7-12/h1-4,12-15H,5-9H2. The lowest BCUT2D eigenvalue weighted by molar-refractivity contribution is 0.142. The Hall–Kier alpha value is -0.860. The maximum Gasteiger partial charge on any atom is 0.0681 e. The summed E-state index contributed by atoms with van der Waals surface area (Å²) in [5.41, 5.74) is 2.19. The molecule has 2 nitrogen and oxygen atoms in total. The Balaban J connectivity index is 1.81. The van der Waals surface area contributed by atoms with Gasteiger partial charge in [0.05, 0.1) is 12.7 Å². The lowest BCUT2D eigenvalue weighted by Gasteiger charge is -2.08. The summed E-state index contributed by atoms with van der Waals surface area (Å²) in [6.07, 6.45) is 4.09. The maximum atomic E-state index is 9.71. The van der Waals surface area contributed by atoms with Gasteiger partial charge in [-0.15, -0.1) is 0 Å². The Kier molecular flexibility index (Phi) is 3.39. The van der Waals surface area contributed by atoms with Crippen molar-refractivity contribution < 1.29 is 10.2 Å². The van der Waals surface area contributed by atoms with Crippen molar-refractivity contribution >= 4 is 0 Å². The molecule has 0 amide bonds. The van der Waals surface area contributed by atoms with Gasteiger partial charge >= 0.3 is 0 Å². The summed E-state index contributed by atoms with van der Waals surface area (Å²) in [4.78, 5) is 0. The second-order valence-electron chi connectivity index (χ2n) is 4.42. The van der Waals surface area contributed by atoms with Gasteiger partial charge in [0.25, 0.3) is 0 Å². The summed E-state index contributed by atoms with van der Waals surface area (Å²) >= 11 is 0. The molecule has 1 atom stereocenters. The molecule has 1 aromatic rings. The molecule has 1 aromatic carbocycles. The van der Waals surface area contributed by atoms with Crippen LogP contribution in [0.25, 0.3) is 0 Å². The summed E-state index contributed by atoms with van der Waals surface area (Å²) < 4.78 is 0. The number of aryl methyl sites for hydroxylation is 1. The van der Waals surface area contributed by atoms with E-state index in [2.05, 4.69) is 0 Å². The molecule has 15 heavy (non-hydrogen) atoms. The van der Waals surface area contributed by atoms with E-state index in [-0.39, 0.29) is 12.7 Å². The van der Waals surface area contributed by atoms with Crippen molar-refractivity contribution in [3.05, 3.63) is 35.4 Å². The van der Waals surface area contributed by atoms with E-state index in [1.54, 1.807) is 0 Å². The van der Waals surface area contributed by atoms with Gasteiger partial charge < -0.3 is 10.2 Å². The minimum atomic E-state index is -0.109. The van der Waals surface area contributed by atoms with E-state index in [4.69, 9.17) is 5.11 Å². The first kappa shape index (κ1) is 10.7. The highest BCUT2D eigenvalue weighted by Crippen LogP contribution is 2.34. The van der Waals surface area contributed by atoms with Gasteiger partial charge in [-0.1, -0.05) is 24.3 Å². The van der Waals surface area contributed by atoms with E-state index in [0.29, 0.717) is 5.92 Å². The topological polar surface area (TPSA) is 40.5 Å². The van der Waals surface area contributed by atoms with Gasteiger partial charge in [-0.3, -0.25) is 0 Å². The number of rotatable bonds is 5. The lowest BCUT2D eigenvalue weighted by Crippen LogP contribution is -2.10. The quantitative estimate of drug-likeness (QED) is 0.772. The maximum absolute atomic E-state index is 9.71. The zero-order valence-corrected chi connectivity index (χ0v) is 8.89. The Bertz CT molecular complexity index is 301. The summed E-state index contributed by atoms with van der Waals surface area (Å²) in [6.45, 7) is 0.102. The number of hydrogen-bond donors (Lipinski definition) is 2. The van der Waals surface area contributed by atoms with E-state index < -0.39 is 0 Å². The third-order valence-electron chi connectivity index (χ3n) is 3.10. The van der Waals surface area contributed by atoms with E-state index in [1.807, 2.05) is 24.3 Å². The molecule has 0 aromatic heterocycles. The first-order valence-corrected chi connectivity index (χ1v) is 5.66. The molecule has 0 aliphatic heterocycles. The van der Waals surface area contributed by atoms with E-state index >= 15 is 0 Å². The van der Waals surface area contributed by atoms with Crippen LogP contribution in [0.1, 0.15) is 30.4 Å². The first-order valence-electron chi connectivity index (χ1n) is 5.66. The summed E-state index contributed by atoms with van der Waals surface area (Å²) in [7, 11) is 0. The Morgan fingerprint density at radius 1 is 1.13 bits per heavy atom. The van der Waals surface area contributed by atoms with Gasteiger partial charge in [0.15, 0.2) is 0 Å². The van der Waals surface area contributed by atoms with Crippen molar-refractivity contribution in [3.63, 3.8) is 0 Å². The van der Waals surface area contributed by atoms with Gasteiger partial charge in [0, 0.05) is 0 Å². The van der Waals surface area contributed by atoms with Crippen molar-refractivity contribution in [2.24, 2.45) is 5.92 Å². The Labute approximate surface area is 90.6 Å². The molecule has 0 heterocycles. The number of aliphatic hydroxyl groups is 2. The highest BCUT2D eigenvalue weighted by Gasteiger charge is 2.28. The second kappa shape index (κ2) is 4.77. The minimum Gasteiger partial charge on any atom is -0.393 e. The summed E-state index contributed by atoms with van der Waals surface area (Å²) in [5, 5.41) is 18.6. The molecule has 2 heteroatoms. The van der Waals surface area contributed by atoms with Crippen LogP contribution in [-0.2, 0) is 13.0 Å². The fourth-order valence-corrected chi connectivity index (χ4v) is 1.84. The third-order valence-corrected chi connectivity index (χ3v) is 3.10. The van der Waals surface area contributed by atoms with E-state index in [1.165, 1.54) is 18.4 Å². The number of benzene rings is 1. The van der Waals surface area contributed by atoms with Crippen molar-refractivity contribution in [2.45, 2.75) is 38.4 Å². The third kappa shape index (κ3) is 3.05. The predicted octanol–water partition coefficient (Wildman–Crippen LogP) is 1.88. The molecule has 1 unspecified atom stereocenters. The molecule has 1 aliphatic rings. The van der Waals surface area contributed by atoms with Crippen LogP contribution in [0.2, 0.25) is 0 Å². The van der Waals surface area contributed by atoms with Gasteiger partial charge in [-0.2, -0.15) is 0 Å². The first-order chi connectivity index (χ1) is 7.29. The van der Waals surface area contributed by atoms with Crippen molar-refractivity contribution in [2.75, 3.05) is 0 Å². The Morgan fingerprint density at radius 2 is 1.73 bits per heavy atom. The van der Waals surface area contributed by atoms with Crippen molar-refractivity contribution in [1.29, 1.82) is 0 Å². The van der Waals surface area contributed by atoms with Gasteiger partial charge in [0.2, 0.25) is 0 Å². The summed E-state index contributed by atoms with van der Waals surface area (Å²) in [6, 6.07) is 7.95. The highest BCUT2D eigenvalue weighted by atomic mass is 16.3. The van der Waals surface area contributed by atoms with Crippen LogP contribution in [0.15, 0.2) is 24.3 Å². The smallest absolute Gasteiger partial charge is 0.0681 e. The molecule has 0 radical (unpaired) electrons. The summed E-state index contributed by atoms with van der Waals surface area (Å²) in [5.74, 6) is 0.571. The van der Waals surface area contributed by atoms with Crippen LogP contribution < -0.4 is 0 Å². The zero-order chi connectivity index (χ0) is 10.7. The van der Waals surface area contributed by atoms with Gasteiger partial charge in [0.1, 0.15) is 0 Å². The fourth-order valence-electron chi connectivity index (χ4n) is 1.84. The number of aliphatic hydroxyl groups excluding tert-OH is 2. The average Bonchev–Trinajstić information content (AvgIpc) is 3.10. The fraction of sp³-hybridized carbons (Fsp3) is 0.538. The molecule has 1 aliphatic carbocycles. The van der Waals surface area contributed by atoms with Crippen molar-refractivity contribution in [3.8, 4) is 0 Å². The van der Waals surface area contributed by atoms with Gasteiger partial charge in [-0.05, 0) is 42.7 Å². The minimum absolute atomic E-state index is 0.102. The van der Waals surface area contributed by atoms with Crippen LogP contribution >= 0.6 is 0 Å². The molecule has 2 rings (SSSR count).